The summed E-state index contributed by atoms with van der Waals surface area (Å²) in [5.41, 5.74) is 4.58. The van der Waals surface area contributed by atoms with Gasteiger partial charge in [0.05, 0.1) is 0 Å². The number of benzene rings is 2. The van der Waals surface area contributed by atoms with Crippen LogP contribution in [0.15, 0.2) is 54.6 Å². The van der Waals surface area contributed by atoms with Crippen LogP contribution >= 0.6 is 0 Å². The monoisotopic (exact) mass is 306 g/mol. The third kappa shape index (κ3) is 3.14. The zero-order valence-electron chi connectivity index (χ0n) is 13.7. The summed E-state index contributed by atoms with van der Waals surface area (Å²) >= 11 is 0. The maximum Gasteiger partial charge on any atom is 0.169 e. The minimum absolute atomic E-state index is 0.262. The van der Waals surface area contributed by atoms with Gasteiger partial charge < -0.3 is 5.11 Å². The molecule has 0 aliphatic rings. The van der Waals surface area contributed by atoms with Gasteiger partial charge in [-0.2, -0.15) is 5.10 Å². The summed E-state index contributed by atoms with van der Waals surface area (Å²) in [6.45, 7) is 5.03. The van der Waals surface area contributed by atoms with E-state index in [4.69, 9.17) is 5.10 Å². The molecule has 118 valence electrons. The molecule has 0 aliphatic carbocycles. The fraction of sp³-hybridized carbons (Fsp3) is 0.250. The van der Waals surface area contributed by atoms with Crippen molar-refractivity contribution < 1.29 is 5.11 Å². The van der Waals surface area contributed by atoms with Crippen molar-refractivity contribution in [2.24, 2.45) is 0 Å². The van der Waals surface area contributed by atoms with Crippen LogP contribution in [-0.4, -0.2) is 14.9 Å². The van der Waals surface area contributed by atoms with Crippen molar-refractivity contribution in [2.45, 2.75) is 33.2 Å². The largest absolute Gasteiger partial charge is 0.504 e. The van der Waals surface area contributed by atoms with Crippen molar-refractivity contribution in [3.63, 3.8) is 0 Å². The van der Waals surface area contributed by atoms with Crippen LogP contribution < -0.4 is 0 Å². The minimum Gasteiger partial charge on any atom is -0.504 e. The Kier molecular flexibility index (Phi) is 4.47. The van der Waals surface area contributed by atoms with Crippen LogP contribution in [0.3, 0.4) is 0 Å². The molecule has 0 aliphatic heterocycles. The van der Waals surface area contributed by atoms with Crippen LogP contribution in [0.2, 0.25) is 0 Å². The Morgan fingerprint density at radius 1 is 1.00 bits per heavy atom. The van der Waals surface area contributed by atoms with E-state index in [1.807, 2.05) is 47.1 Å². The van der Waals surface area contributed by atoms with Gasteiger partial charge in [-0.15, -0.1) is 0 Å². The smallest absolute Gasteiger partial charge is 0.169 e. The van der Waals surface area contributed by atoms with Crippen molar-refractivity contribution in [3.8, 4) is 28.3 Å². The standard InChI is InChI=1S/C20H22N2O/c1-3-4-13-22-19(17-12-8-9-15(2)14-17)20(23)18(21-22)16-10-6-5-7-11-16/h5-12,14,23H,3-4,13H2,1-2H3. The van der Waals surface area contributed by atoms with Crippen LogP contribution in [0.25, 0.3) is 22.5 Å². The van der Waals surface area contributed by atoms with Gasteiger partial charge in [0.2, 0.25) is 0 Å². The van der Waals surface area contributed by atoms with E-state index < -0.39 is 0 Å². The predicted octanol–water partition coefficient (Wildman–Crippen LogP) is 5.03. The Labute approximate surface area is 137 Å². The second-order valence-electron chi connectivity index (χ2n) is 5.86. The number of hydrogen-bond acceptors (Lipinski definition) is 2. The summed E-state index contributed by atoms with van der Waals surface area (Å²) < 4.78 is 1.94. The summed E-state index contributed by atoms with van der Waals surface area (Å²) in [5, 5.41) is 15.5. The number of hydrogen-bond donors (Lipinski definition) is 1. The molecule has 1 aromatic heterocycles. The molecule has 3 heteroatoms. The number of unbranched alkanes of at least 4 members (excludes halogenated alkanes) is 1. The molecule has 2 aromatic carbocycles. The van der Waals surface area contributed by atoms with Crippen molar-refractivity contribution in [1.82, 2.24) is 9.78 Å². The van der Waals surface area contributed by atoms with E-state index >= 15 is 0 Å². The third-order valence-electron chi connectivity index (χ3n) is 3.99. The molecule has 3 rings (SSSR count). The molecule has 0 atom stereocenters. The van der Waals surface area contributed by atoms with Crippen LogP contribution in [0, 0.1) is 6.92 Å². The molecule has 0 saturated carbocycles. The zero-order valence-corrected chi connectivity index (χ0v) is 13.7. The van der Waals surface area contributed by atoms with E-state index in [-0.39, 0.29) is 5.75 Å². The molecule has 0 radical (unpaired) electrons. The van der Waals surface area contributed by atoms with E-state index in [2.05, 4.69) is 26.0 Å². The highest BCUT2D eigenvalue weighted by Gasteiger charge is 2.19. The molecule has 0 bridgehead atoms. The highest BCUT2D eigenvalue weighted by atomic mass is 16.3. The second kappa shape index (κ2) is 6.69. The van der Waals surface area contributed by atoms with Crippen LogP contribution in [0.5, 0.6) is 5.75 Å². The van der Waals surface area contributed by atoms with Crippen LogP contribution in [0.1, 0.15) is 25.3 Å². The van der Waals surface area contributed by atoms with Gasteiger partial charge in [0, 0.05) is 17.7 Å². The van der Waals surface area contributed by atoms with Crippen molar-refractivity contribution in [1.29, 1.82) is 0 Å². The normalized spacial score (nSPS) is 10.9. The lowest BCUT2D eigenvalue weighted by atomic mass is 10.1. The highest BCUT2D eigenvalue weighted by molar-refractivity contribution is 5.78. The Hall–Kier alpha value is -2.55. The Morgan fingerprint density at radius 3 is 2.43 bits per heavy atom. The van der Waals surface area contributed by atoms with E-state index in [0.717, 1.165) is 36.2 Å². The number of nitrogens with zero attached hydrogens (tertiary/aromatic N) is 2. The van der Waals surface area contributed by atoms with Crippen molar-refractivity contribution in [3.05, 3.63) is 60.2 Å². The molecular weight excluding hydrogens is 284 g/mol. The summed E-state index contributed by atoms with van der Waals surface area (Å²) in [6.07, 6.45) is 2.13. The van der Waals surface area contributed by atoms with E-state index in [1.165, 1.54) is 5.56 Å². The summed E-state index contributed by atoms with van der Waals surface area (Å²) in [5.74, 6) is 0.262. The number of rotatable bonds is 5. The quantitative estimate of drug-likeness (QED) is 0.718. The van der Waals surface area contributed by atoms with Gasteiger partial charge in [-0.1, -0.05) is 67.4 Å². The molecule has 0 fully saturated rings. The van der Waals surface area contributed by atoms with E-state index in [1.54, 1.807) is 0 Å². The molecule has 0 saturated heterocycles. The van der Waals surface area contributed by atoms with Gasteiger partial charge in [-0.3, -0.25) is 4.68 Å². The average Bonchev–Trinajstić information content (AvgIpc) is 2.90. The van der Waals surface area contributed by atoms with Gasteiger partial charge >= 0.3 is 0 Å². The molecule has 0 spiro atoms. The Morgan fingerprint density at radius 2 is 1.74 bits per heavy atom. The molecule has 1 heterocycles. The van der Waals surface area contributed by atoms with Crippen molar-refractivity contribution >= 4 is 0 Å². The highest BCUT2D eigenvalue weighted by Crippen LogP contribution is 2.38. The zero-order chi connectivity index (χ0) is 16.2. The first-order chi connectivity index (χ1) is 11.2. The summed E-state index contributed by atoms with van der Waals surface area (Å²) in [6, 6.07) is 18.1. The third-order valence-corrected chi connectivity index (χ3v) is 3.99. The molecule has 0 amide bonds. The number of aromatic hydroxyl groups is 1. The first kappa shape index (κ1) is 15.3. The molecule has 0 unspecified atom stereocenters. The molecular formula is C20H22N2O. The summed E-state index contributed by atoms with van der Waals surface area (Å²) in [4.78, 5) is 0. The lowest BCUT2D eigenvalue weighted by molar-refractivity contribution is 0.477. The van der Waals surface area contributed by atoms with Gasteiger partial charge in [0.1, 0.15) is 11.4 Å². The molecule has 1 N–H and O–H groups in total. The second-order valence-corrected chi connectivity index (χ2v) is 5.86. The number of aryl methyl sites for hydroxylation is 2. The average molecular weight is 306 g/mol. The topological polar surface area (TPSA) is 38.0 Å². The minimum atomic E-state index is 0.262. The lowest BCUT2D eigenvalue weighted by Crippen LogP contribution is -2.02. The van der Waals surface area contributed by atoms with Crippen LogP contribution in [0.4, 0.5) is 0 Å². The Balaban J connectivity index is 2.14. The molecule has 3 nitrogen and oxygen atoms in total. The first-order valence-electron chi connectivity index (χ1n) is 8.13. The SMILES string of the molecule is CCCCn1nc(-c2ccccc2)c(O)c1-c1cccc(C)c1. The first-order valence-corrected chi connectivity index (χ1v) is 8.13. The predicted molar refractivity (Wildman–Crippen MR) is 94.4 cm³/mol. The van der Waals surface area contributed by atoms with Gasteiger partial charge in [0.15, 0.2) is 5.75 Å². The maximum absolute atomic E-state index is 10.8. The number of aromatic nitrogens is 2. The fourth-order valence-corrected chi connectivity index (χ4v) is 2.79. The van der Waals surface area contributed by atoms with E-state index in [0.29, 0.717) is 5.69 Å². The van der Waals surface area contributed by atoms with Crippen molar-refractivity contribution in [2.75, 3.05) is 0 Å². The molecule has 23 heavy (non-hydrogen) atoms. The fourth-order valence-electron chi connectivity index (χ4n) is 2.79. The summed E-state index contributed by atoms with van der Waals surface area (Å²) in [7, 11) is 0. The maximum atomic E-state index is 10.8. The van der Waals surface area contributed by atoms with Crippen LogP contribution in [-0.2, 0) is 6.54 Å². The van der Waals surface area contributed by atoms with Gasteiger partial charge in [-0.05, 0) is 19.4 Å². The van der Waals surface area contributed by atoms with Gasteiger partial charge in [0.25, 0.3) is 0 Å². The lowest BCUT2D eigenvalue weighted by Gasteiger charge is -2.08. The van der Waals surface area contributed by atoms with E-state index in [9.17, 15) is 5.11 Å². The Bertz CT molecular complexity index is 791. The van der Waals surface area contributed by atoms with Gasteiger partial charge in [-0.25, -0.2) is 0 Å². The molecule has 3 aromatic rings.